The van der Waals surface area contributed by atoms with Crippen LogP contribution in [0.3, 0.4) is 0 Å². The zero-order valence-corrected chi connectivity index (χ0v) is 22.2. The number of rotatable bonds is 10. The fourth-order valence-corrected chi connectivity index (χ4v) is 3.96. The van der Waals surface area contributed by atoms with Gasteiger partial charge < -0.3 is 24.3 Å². The average molecular weight is 550 g/mol. The van der Waals surface area contributed by atoms with Crippen LogP contribution in [0.4, 0.5) is 0 Å². The molecule has 0 radical (unpaired) electrons. The summed E-state index contributed by atoms with van der Waals surface area (Å²) < 4.78 is 22.2. The van der Waals surface area contributed by atoms with Gasteiger partial charge in [0.15, 0.2) is 23.0 Å². The molecule has 0 spiro atoms. The largest absolute Gasteiger partial charge is 0.493 e. The van der Waals surface area contributed by atoms with Crippen molar-refractivity contribution in [2.24, 2.45) is 5.10 Å². The molecule has 0 saturated carbocycles. The summed E-state index contributed by atoms with van der Waals surface area (Å²) in [6, 6.07) is 28.9. The molecule has 1 aliphatic rings. The van der Waals surface area contributed by atoms with Crippen molar-refractivity contribution in [2.75, 3.05) is 13.9 Å². The lowest BCUT2D eigenvalue weighted by atomic mass is 10.1. The third-order valence-electron chi connectivity index (χ3n) is 6.04. The van der Waals surface area contributed by atoms with Crippen LogP contribution in [-0.4, -0.2) is 31.9 Å². The molecular formula is C32H27N3O6. The minimum absolute atomic E-state index is 0.00268. The molecule has 0 unspecified atom stereocenters. The number of ether oxygens (including phenoxy) is 4. The van der Waals surface area contributed by atoms with Crippen molar-refractivity contribution in [2.45, 2.75) is 6.61 Å². The number of amides is 2. The first-order chi connectivity index (χ1) is 20.1. The molecule has 0 fully saturated rings. The van der Waals surface area contributed by atoms with Gasteiger partial charge in [-0.3, -0.25) is 9.59 Å². The lowest BCUT2D eigenvalue weighted by molar-refractivity contribution is -0.117. The van der Waals surface area contributed by atoms with Gasteiger partial charge in [0.25, 0.3) is 11.8 Å². The number of nitrogens with zero attached hydrogens (tertiary/aromatic N) is 1. The first kappa shape index (κ1) is 27.0. The Balaban J connectivity index is 1.29. The van der Waals surface area contributed by atoms with E-state index in [1.54, 1.807) is 73.8 Å². The SMILES string of the molecule is COc1cc(/C=N/NC(=O)/C(=C\c2ccc3c(c2)OCO3)NC(=O)c2ccccc2)ccc1OCc1ccccc1. The Hall–Kier alpha value is -5.57. The van der Waals surface area contributed by atoms with E-state index in [4.69, 9.17) is 18.9 Å². The van der Waals surface area contributed by atoms with Gasteiger partial charge in [-0.05, 0) is 65.2 Å². The highest BCUT2D eigenvalue weighted by molar-refractivity contribution is 6.05. The molecule has 4 aromatic rings. The van der Waals surface area contributed by atoms with E-state index >= 15 is 0 Å². The molecule has 9 nitrogen and oxygen atoms in total. The summed E-state index contributed by atoms with van der Waals surface area (Å²) in [7, 11) is 1.55. The Morgan fingerprint density at radius 2 is 1.59 bits per heavy atom. The zero-order chi connectivity index (χ0) is 28.4. The van der Waals surface area contributed by atoms with Crippen LogP contribution in [-0.2, 0) is 11.4 Å². The molecule has 0 atom stereocenters. The summed E-state index contributed by atoms with van der Waals surface area (Å²) in [5, 5.41) is 6.76. The second-order valence-electron chi connectivity index (χ2n) is 8.87. The fraction of sp³-hybridized carbons (Fsp3) is 0.0938. The third kappa shape index (κ3) is 7.10. The first-order valence-electron chi connectivity index (χ1n) is 12.7. The van der Waals surface area contributed by atoms with E-state index < -0.39 is 11.8 Å². The lowest BCUT2D eigenvalue weighted by Gasteiger charge is -2.11. The van der Waals surface area contributed by atoms with Crippen molar-refractivity contribution in [3.63, 3.8) is 0 Å². The molecule has 2 amide bonds. The van der Waals surface area contributed by atoms with Gasteiger partial charge in [-0.15, -0.1) is 0 Å². The van der Waals surface area contributed by atoms with E-state index in [9.17, 15) is 9.59 Å². The summed E-state index contributed by atoms with van der Waals surface area (Å²) in [5.41, 5.74) is 5.22. The maximum Gasteiger partial charge on any atom is 0.287 e. The standard InChI is InChI=1S/C32H27N3O6/c1-38-29-18-24(13-15-27(29)39-20-22-8-4-2-5-9-22)19-33-35-32(37)26(34-31(36)25-10-6-3-7-11-25)16-23-12-14-28-30(17-23)41-21-40-28/h2-19H,20-21H2,1H3,(H,34,36)(H,35,37)/b26-16+,33-19+. The lowest BCUT2D eigenvalue weighted by Crippen LogP contribution is -2.32. The third-order valence-corrected chi connectivity index (χ3v) is 6.04. The van der Waals surface area contributed by atoms with Crippen LogP contribution in [0.25, 0.3) is 6.08 Å². The second kappa shape index (κ2) is 13.0. The van der Waals surface area contributed by atoms with Gasteiger partial charge in [0.2, 0.25) is 6.79 Å². The van der Waals surface area contributed by atoms with E-state index in [1.165, 1.54) is 12.3 Å². The number of benzene rings is 4. The summed E-state index contributed by atoms with van der Waals surface area (Å²) >= 11 is 0. The topological polar surface area (TPSA) is 107 Å². The quantitative estimate of drug-likeness (QED) is 0.165. The van der Waals surface area contributed by atoms with E-state index in [2.05, 4.69) is 15.8 Å². The molecule has 0 saturated heterocycles. The molecule has 4 aromatic carbocycles. The Bertz CT molecular complexity index is 1590. The van der Waals surface area contributed by atoms with E-state index in [0.29, 0.717) is 46.3 Å². The van der Waals surface area contributed by atoms with Crippen molar-refractivity contribution >= 4 is 24.1 Å². The Labute approximate surface area is 237 Å². The number of hydrogen-bond acceptors (Lipinski definition) is 7. The molecule has 206 valence electrons. The highest BCUT2D eigenvalue weighted by Crippen LogP contribution is 2.33. The number of methoxy groups -OCH3 is 1. The molecule has 9 heteroatoms. The van der Waals surface area contributed by atoms with Crippen LogP contribution >= 0.6 is 0 Å². The van der Waals surface area contributed by atoms with Crippen LogP contribution in [0.2, 0.25) is 0 Å². The minimum atomic E-state index is -0.613. The molecule has 2 N–H and O–H groups in total. The summed E-state index contributed by atoms with van der Waals surface area (Å²) in [6.07, 6.45) is 3.01. The van der Waals surface area contributed by atoms with E-state index in [-0.39, 0.29) is 12.5 Å². The minimum Gasteiger partial charge on any atom is -0.493 e. The van der Waals surface area contributed by atoms with Crippen molar-refractivity contribution in [1.82, 2.24) is 10.7 Å². The normalized spacial score (nSPS) is 12.2. The van der Waals surface area contributed by atoms with E-state index in [1.807, 2.05) is 30.3 Å². The predicted octanol–water partition coefficient (Wildman–Crippen LogP) is 4.92. The zero-order valence-electron chi connectivity index (χ0n) is 22.2. The summed E-state index contributed by atoms with van der Waals surface area (Å²) in [5.74, 6) is 1.21. The Kier molecular flexibility index (Phi) is 8.56. The fourth-order valence-electron chi connectivity index (χ4n) is 3.96. The number of hydrazone groups is 1. The number of carbonyl (C=O) groups is 2. The Morgan fingerprint density at radius 3 is 2.37 bits per heavy atom. The molecule has 5 rings (SSSR count). The molecule has 1 aliphatic heterocycles. The van der Waals surface area contributed by atoms with E-state index in [0.717, 1.165) is 5.56 Å². The second-order valence-corrected chi connectivity index (χ2v) is 8.87. The maximum absolute atomic E-state index is 13.1. The molecule has 1 heterocycles. The van der Waals surface area contributed by atoms with Crippen LogP contribution in [0.5, 0.6) is 23.0 Å². The van der Waals surface area contributed by atoms with Crippen LogP contribution in [0, 0.1) is 0 Å². The molecule has 41 heavy (non-hydrogen) atoms. The molecule has 0 aromatic heterocycles. The van der Waals surface area contributed by atoms with Gasteiger partial charge in [-0.25, -0.2) is 5.43 Å². The van der Waals surface area contributed by atoms with Gasteiger partial charge in [0.05, 0.1) is 13.3 Å². The highest BCUT2D eigenvalue weighted by Gasteiger charge is 2.17. The van der Waals surface area contributed by atoms with Gasteiger partial charge in [-0.1, -0.05) is 54.6 Å². The molecular weight excluding hydrogens is 522 g/mol. The van der Waals surface area contributed by atoms with Gasteiger partial charge in [0.1, 0.15) is 12.3 Å². The number of carbonyl (C=O) groups excluding carboxylic acids is 2. The van der Waals surface area contributed by atoms with Crippen LogP contribution in [0.15, 0.2) is 108 Å². The average Bonchev–Trinajstić information content (AvgIpc) is 3.49. The van der Waals surface area contributed by atoms with Crippen molar-refractivity contribution in [3.05, 3.63) is 125 Å². The van der Waals surface area contributed by atoms with Crippen LogP contribution < -0.4 is 29.7 Å². The Morgan fingerprint density at radius 1 is 0.854 bits per heavy atom. The predicted molar refractivity (Wildman–Crippen MR) is 154 cm³/mol. The monoisotopic (exact) mass is 549 g/mol. The highest BCUT2D eigenvalue weighted by atomic mass is 16.7. The van der Waals surface area contributed by atoms with Crippen LogP contribution in [0.1, 0.15) is 27.0 Å². The van der Waals surface area contributed by atoms with Crippen molar-refractivity contribution in [1.29, 1.82) is 0 Å². The maximum atomic E-state index is 13.1. The number of hydrogen-bond donors (Lipinski definition) is 2. The molecule has 0 bridgehead atoms. The summed E-state index contributed by atoms with van der Waals surface area (Å²) in [4.78, 5) is 26.0. The van der Waals surface area contributed by atoms with Crippen molar-refractivity contribution < 1.29 is 28.5 Å². The van der Waals surface area contributed by atoms with Gasteiger partial charge >= 0.3 is 0 Å². The first-order valence-corrected chi connectivity index (χ1v) is 12.7. The molecule has 0 aliphatic carbocycles. The number of fused-ring (bicyclic) bond motifs is 1. The van der Waals surface area contributed by atoms with Gasteiger partial charge in [0, 0.05) is 5.56 Å². The van der Waals surface area contributed by atoms with Crippen molar-refractivity contribution in [3.8, 4) is 23.0 Å². The number of nitrogens with one attached hydrogen (secondary N) is 2. The van der Waals surface area contributed by atoms with Gasteiger partial charge in [-0.2, -0.15) is 5.10 Å². The smallest absolute Gasteiger partial charge is 0.287 e. The summed E-state index contributed by atoms with van der Waals surface area (Å²) in [6.45, 7) is 0.522.